The van der Waals surface area contributed by atoms with Crippen LogP contribution in [0.5, 0.6) is 5.75 Å². The second-order valence-corrected chi connectivity index (χ2v) is 4.66. The number of hydrogen-bond acceptors (Lipinski definition) is 3. The van der Waals surface area contributed by atoms with Gasteiger partial charge in [0.25, 0.3) is 0 Å². The number of hydrogen-bond donors (Lipinski definition) is 1. The van der Waals surface area contributed by atoms with Crippen LogP contribution in [0.15, 0.2) is 23.4 Å². The number of aryl methyl sites for hydroxylation is 1. The number of fused-ring (bicyclic) bond motifs is 3. The molecule has 0 bridgehead atoms. The Kier molecular flexibility index (Phi) is 2.51. The fraction of sp³-hybridized carbons (Fsp3) is 0.357. The summed E-state index contributed by atoms with van der Waals surface area (Å²) in [6.45, 7) is 0. The number of nitrogens with zero attached hydrogens (tertiary/aromatic N) is 2. The first-order chi connectivity index (χ1) is 8.76. The maximum absolute atomic E-state index is 9.18. The summed E-state index contributed by atoms with van der Waals surface area (Å²) in [7, 11) is 3.73. The zero-order valence-corrected chi connectivity index (χ0v) is 10.6. The Morgan fingerprint density at radius 1 is 1.33 bits per heavy atom. The molecule has 1 N–H and O–H groups in total. The van der Waals surface area contributed by atoms with Crippen molar-refractivity contribution in [3.63, 3.8) is 0 Å². The topological polar surface area (TPSA) is 46.8 Å². The SMILES string of the molecule is COc1ccc2c(c1)c1c(n2C)CCC/C1=N\O. The van der Waals surface area contributed by atoms with Crippen LogP contribution in [0, 0.1) is 0 Å². The van der Waals surface area contributed by atoms with Gasteiger partial charge < -0.3 is 14.5 Å². The summed E-state index contributed by atoms with van der Waals surface area (Å²) in [4.78, 5) is 0. The molecule has 1 aliphatic carbocycles. The largest absolute Gasteiger partial charge is 0.497 e. The van der Waals surface area contributed by atoms with Crippen LogP contribution < -0.4 is 4.74 Å². The average Bonchev–Trinajstić information content (AvgIpc) is 2.72. The standard InChI is InChI=1S/C14H16N2O2/c1-16-12-7-6-9(18-2)8-10(12)14-11(15-17)4-3-5-13(14)16/h6-8,17H,3-5H2,1-2H3/b15-11+. The van der Waals surface area contributed by atoms with Gasteiger partial charge in [0.2, 0.25) is 0 Å². The molecule has 0 amide bonds. The van der Waals surface area contributed by atoms with Gasteiger partial charge >= 0.3 is 0 Å². The van der Waals surface area contributed by atoms with Crippen molar-refractivity contribution in [1.82, 2.24) is 4.57 Å². The minimum absolute atomic E-state index is 0.787. The van der Waals surface area contributed by atoms with Crippen molar-refractivity contribution < 1.29 is 9.94 Å². The van der Waals surface area contributed by atoms with E-state index in [1.54, 1.807) is 7.11 Å². The van der Waals surface area contributed by atoms with E-state index in [1.807, 2.05) is 12.1 Å². The summed E-state index contributed by atoms with van der Waals surface area (Å²) in [6.07, 6.45) is 2.90. The summed E-state index contributed by atoms with van der Waals surface area (Å²) in [6, 6.07) is 6.04. The predicted octanol–water partition coefficient (Wildman–Crippen LogP) is 2.70. The number of oxime groups is 1. The van der Waals surface area contributed by atoms with Gasteiger partial charge in [0.15, 0.2) is 0 Å². The molecule has 4 heteroatoms. The molecule has 0 aliphatic heterocycles. The second kappa shape index (κ2) is 4.05. The van der Waals surface area contributed by atoms with E-state index in [9.17, 15) is 5.21 Å². The highest BCUT2D eigenvalue weighted by Crippen LogP contribution is 2.33. The Morgan fingerprint density at radius 2 is 2.17 bits per heavy atom. The lowest BCUT2D eigenvalue weighted by atomic mass is 9.93. The number of aromatic nitrogens is 1. The Balaban J connectivity index is 2.37. The first kappa shape index (κ1) is 11.1. The molecule has 1 aromatic carbocycles. The molecule has 1 aromatic heterocycles. The van der Waals surface area contributed by atoms with Gasteiger partial charge in [0.05, 0.1) is 12.8 Å². The van der Waals surface area contributed by atoms with Crippen LogP contribution in [0.25, 0.3) is 10.9 Å². The highest BCUT2D eigenvalue weighted by atomic mass is 16.5. The minimum Gasteiger partial charge on any atom is -0.497 e. The Labute approximate surface area is 105 Å². The van der Waals surface area contributed by atoms with E-state index in [1.165, 1.54) is 5.69 Å². The monoisotopic (exact) mass is 244 g/mol. The Morgan fingerprint density at radius 3 is 2.89 bits per heavy atom. The van der Waals surface area contributed by atoms with E-state index >= 15 is 0 Å². The molecule has 94 valence electrons. The van der Waals surface area contributed by atoms with Gasteiger partial charge in [-0.3, -0.25) is 0 Å². The Bertz CT molecular complexity index is 641. The molecule has 2 aromatic rings. The molecule has 4 nitrogen and oxygen atoms in total. The van der Waals surface area contributed by atoms with Crippen LogP contribution in [-0.2, 0) is 13.5 Å². The van der Waals surface area contributed by atoms with Crippen molar-refractivity contribution in [2.24, 2.45) is 12.2 Å². The van der Waals surface area contributed by atoms with Gasteiger partial charge in [-0.1, -0.05) is 5.16 Å². The van der Waals surface area contributed by atoms with E-state index in [-0.39, 0.29) is 0 Å². The van der Waals surface area contributed by atoms with Gasteiger partial charge in [-0.15, -0.1) is 0 Å². The first-order valence-electron chi connectivity index (χ1n) is 6.13. The summed E-state index contributed by atoms with van der Waals surface area (Å²) >= 11 is 0. The summed E-state index contributed by atoms with van der Waals surface area (Å²) in [5.74, 6) is 0.832. The highest BCUT2D eigenvalue weighted by Gasteiger charge is 2.23. The molecular formula is C14H16N2O2. The molecule has 0 atom stereocenters. The van der Waals surface area contributed by atoms with E-state index in [4.69, 9.17) is 4.74 Å². The van der Waals surface area contributed by atoms with Crippen molar-refractivity contribution in [2.75, 3.05) is 7.11 Å². The number of benzene rings is 1. The van der Waals surface area contributed by atoms with Crippen molar-refractivity contribution in [3.05, 3.63) is 29.5 Å². The maximum atomic E-state index is 9.18. The minimum atomic E-state index is 0.787. The van der Waals surface area contributed by atoms with E-state index in [0.29, 0.717) is 0 Å². The van der Waals surface area contributed by atoms with E-state index in [2.05, 4.69) is 22.8 Å². The molecule has 0 radical (unpaired) electrons. The van der Waals surface area contributed by atoms with Gasteiger partial charge in [-0.25, -0.2) is 0 Å². The van der Waals surface area contributed by atoms with Crippen LogP contribution in [0.4, 0.5) is 0 Å². The normalized spacial score (nSPS) is 17.1. The fourth-order valence-electron chi connectivity index (χ4n) is 2.87. The average molecular weight is 244 g/mol. The lowest BCUT2D eigenvalue weighted by Crippen LogP contribution is -2.12. The van der Waals surface area contributed by atoms with Crippen LogP contribution in [0.2, 0.25) is 0 Å². The first-order valence-corrected chi connectivity index (χ1v) is 6.13. The van der Waals surface area contributed by atoms with Crippen molar-refractivity contribution in [3.8, 4) is 5.75 Å². The lowest BCUT2D eigenvalue weighted by Gasteiger charge is -2.14. The molecule has 1 aliphatic rings. The fourth-order valence-corrected chi connectivity index (χ4v) is 2.87. The molecular weight excluding hydrogens is 228 g/mol. The second-order valence-electron chi connectivity index (χ2n) is 4.66. The van der Waals surface area contributed by atoms with Gasteiger partial charge in [-0.05, 0) is 37.5 Å². The number of rotatable bonds is 1. The molecule has 0 unspecified atom stereocenters. The van der Waals surface area contributed by atoms with Gasteiger partial charge in [0, 0.05) is 29.2 Å². The third-order valence-electron chi connectivity index (χ3n) is 3.76. The molecule has 3 rings (SSSR count). The smallest absolute Gasteiger partial charge is 0.119 e. The summed E-state index contributed by atoms with van der Waals surface area (Å²) in [5.41, 5.74) is 4.27. The van der Waals surface area contributed by atoms with E-state index in [0.717, 1.165) is 47.2 Å². The number of methoxy groups -OCH3 is 1. The highest BCUT2D eigenvalue weighted by molar-refractivity contribution is 6.13. The molecule has 0 saturated heterocycles. The lowest BCUT2D eigenvalue weighted by molar-refractivity contribution is 0.317. The number of ether oxygens (including phenoxy) is 1. The van der Waals surface area contributed by atoms with Crippen LogP contribution in [0.1, 0.15) is 24.1 Å². The third kappa shape index (κ3) is 1.41. The molecule has 0 spiro atoms. The molecule has 1 heterocycles. The molecule has 18 heavy (non-hydrogen) atoms. The summed E-state index contributed by atoms with van der Waals surface area (Å²) < 4.78 is 7.47. The molecule has 0 fully saturated rings. The zero-order valence-electron chi connectivity index (χ0n) is 10.6. The van der Waals surface area contributed by atoms with Gasteiger partial charge in [0.1, 0.15) is 5.75 Å². The van der Waals surface area contributed by atoms with Crippen molar-refractivity contribution in [1.29, 1.82) is 0 Å². The summed E-state index contributed by atoms with van der Waals surface area (Å²) in [5, 5.41) is 13.8. The predicted molar refractivity (Wildman–Crippen MR) is 70.7 cm³/mol. The van der Waals surface area contributed by atoms with Crippen molar-refractivity contribution >= 4 is 16.6 Å². The van der Waals surface area contributed by atoms with Crippen LogP contribution >= 0.6 is 0 Å². The third-order valence-corrected chi connectivity index (χ3v) is 3.76. The van der Waals surface area contributed by atoms with Crippen molar-refractivity contribution in [2.45, 2.75) is 19.3 Å². The van der Waals surface area contributed by atoms with E-state index < -0.39 is 0 Å². The Hall–Kier alpha value is -1.97. The van der Waals surface area contributed by atoms with Gasteiger partial charge in [-0.2, -0.15) is 0 Å². The van der Waals surface area contributed by atoms with Crippen LogP contribution in [0.3, 0.4) is 0 Å². The zero-order chi connectivity index (χ0) is 12.7. The van der Waals surface area contributed by atoms with Crippen LogP contribution in [-0.4, -0.2) is 22.6 Å². The molecule has 0 saturated carbocycles. The quantitative estimate of drug-likeness (QED) is 0.619. The maximum Gasteiger partial charge on any atom is 0.119 e.